The van der Waals surface area contributed by atoms with Crippen LogP contribution in [0.4, 0.5) is 11.8 Å². The van der Waals surface area contributed by atoms with Crippen molar-refractivity contribution >= 4 is 22.8 Å². The molecule has 0 aliphatic heterocycles. The summed E-state index contributed by atoms with van der Waals surface area (Å²) in [5.74, 6) is 1.62. The monoisotopic (exact) mass is 384 g/mol. The maximum Gasteiger partial charge on any atom is 0.222 e. The number of hydrogen-bond acceptors (Lipinski definition) is 7. The number of benzene rings is 1. The Kier molecular flexibility index (Phi) is 6.65. The molecule has 0 fully saturated rings. The zero-order chi connectivity index (χ0) is 19.9. The van der Waals surface area contributed by atoms with Gasteiger partial charge in [0.2, 0.25) is 5.95 Å². The highest BCUT2D eigenvalue weighted by Crippen LogP contribution is 2.24. The number of aliphatic hydroxyl groups is 1. The van der Waals surface area contributed by atoms with Crippen molar-refractivity contribution < 1.29 is 9.84 Å². The summed E-state index contributed by atoms with van der Waals surface area (Å²) in [4.78, 5) is 8.68. The number of aromatic nitrogens is 4. The highest BCUT2D eigenvalue weighted by Gasteiger charge is 2.16. The summed E-state index contributed by atoms with van der Waals surface area (Å²) in [6.07, 6.45) is 5.62. The van der Waals surface area contributed by atoms with Crippen LogP contribution in [0, 0.1) is 0 Å². The van der Waals surface area contributed by atoms with Gasteiger partial charge in [0, 0.05) is 18.2 Å². The fraction of sp³-hybridized carbons (Fsp3) is 0.450. The molecule has 0 spiro atoms. The van der Waals surface area contributed by atoms with Crippen LogP contribution < -0.4 is 15.8 Å². The summed E-state index contributed by atoms with van der Waals surface area (Å²) in [5.41, 5.74) is 8.29. The molecular weight excluding hydrogens is 356 g/mol. The summed E-state index contributed by atoms with van der Waals surface area (Å²) in [5, 5.41) is 17.5. The van der Waals surface area contributed by atoms with E-state index in [0.29, 0.717) is 29.8 Å². The van der Waals surface area contributed by atoms with Crippen LogP contribution in [0.15, 0.2) is 30.5 Å². The fourth-order valence-corrected chi connectivity index (χ4v) is 3.26. The van der Waals surface area contributed by atoms with Crippen molar-refractivity contribution in [1.29, 1.82) is 0 Å². The number of nitrogens with zero attached hydrogens (tertiary/aromatic N) is 4. The Balaban J connectivity index is 1.89. The van der Waals surface area contributed by atoms with Gasteiger partial charge in [-0.25, -0.2) is 4.98 Å². The second kappa shape index (κ2) is 9.36. The quantitative estimate of drug-likeness (QED) is 0.493. The van der Waals surface area contributed by atoms with Crippen LogP contribution in [0.3, 0.4) is 0 Å². The van der Waals surface area contributed by atoms with Crippen molar-refractivity contribution in [3.63, 3.8) is 0 Å². The predicted octanol–water partition coefficient (Wildman–Crippen LogP) is 2.82. The maximum absolute atomic E-state index is 9.37. The van der Waals surface area contributed by atoms with Crippen LogP contribution >= 0.6 is 0 Å². The van der Waals surface area contributed by atoms with Gasteiger partial charge in [-0.15, -0.1) is 0 Å². The van der Waals surface area contributed by atoms with E-state index in [1.807, 2.05) is 35.1 Å². The second-order valence-corrected chi connectivity index (χ2v) is 6.80. The largest absolute Gasteiger partial charge is 0.496 e. The molecule has 2 heterocycles. The Morgan fingerprint density at radius 1 is 1.25 bits per heavy atom. The van der Waals surface area contributed by atoms with Gasteiger partial charge >= 0.3 is 0 Å². The molecule has 0 saturated heterocycles. The van der Waals surface area contributed by atoms with Crippen molar-refractivity contribution in [2.75, 3.05) is 24.8 Å². The topological polar surface area (TPSA) is 111 Å². The number of methoxy groups -OCH3 is 1. The van der Waals surface area contributed by atoms with Crippen molar-refractivity contribution in [2.24, 2.45) is 0 Å². The molecule has 0 radical (unpaired) electrons. The lowest BCUT2D eigenvalue weighted by Gasteiger charge is -2.18. The zero-order valence-electron chi connectivity index (χ0n) is 16.4. The van der Waals surface area contributed by atoms with E-state index in [9.17, 15) is 5.11 Å². The first-order chi connectivity index (χ1) is 13.6. The standard InChI is InChI=1S/C20H28N6O2/c1-3-4-8-15(10-11-27)22-19-18-16(23-20(21)24-19)13-26(25-18)12-14-7-5-6-9-17(14)28-2/h5-7,9,13,15,27H,3-4,8,10-12H2,1-2H3,(H3,21,22,23,24)/t15-/m0/s1. The van der Waals surface area contributed by atoms with E-state index in [0.717, 1.165) is 30.6 Å². The summed E-state index contributed by atoms with van der Waals surface area (Å²) >= 11 is 0. The Morgan fingerprint density at radius 2 is 2.07 bits per heavy atom. The van der Waals surface area contributed by atoms with Crippen molar-refractivity contribution in [2.45, 2.75) is 45.2 Å². The molecule has 8 nitrogen and oxygen atoms in total. The Bertz CT molecular complexity index is 911. The van der Waals surface area contributed by atoms with Gasteiger partial charge in [0.25, 0.3) is 0 Å². The zero-order valence-corrected chi connectivity index (χ0v) is 16.4. The molecule has 0 saturated carbocycles. The molecule has 0 unspecified atom stereocenters. The average molecular weight is 384 g/mol. The summed E-state index contributed by atoms with van der Waals surface area (Å²) in [6.45, 7) is 2.82. The Labute approximate surface area is 164 Å². The van der Waals surface area contributed by atoms with E-state index < -0.39 is 0 Å². The van der Waals surface area contributed by atoms with Gasteiger partial charge < -0.3 is 20.9 Å². The molecule has 1 aromatic carbocycles. The lowest BCUT2D eigenvalue weighted by molar-refractivity contribution is 0.276. The predicted molar refractivity (Wildman–Crippen MR) is 110 cm³/mol. The van der Waals surface area contributed by atoms with E-state index in [-0.39, 0.29) is 18.6 Å². The molecule has 3 rings (SSSR count). The highest BCUT2D eigenvalue weighted by molar-refractivity contribution is 5.85. The van der Waals surface area contributed by atoms with Crippen molar-refractivity contribution in [1.82, 2.24) is 19.7 Å². The van der Waals surface area contributed by atoms with Crippen LogP contribution in [-0.4, -0.2) is 44.6 Å². The molecule has 4 N–H and O–H groups in total. The number of hydrogen-bond donors (Lipinski definition) is 3. The first kappa shape index (κ1) is 19.9. The Hall–Kier alpha value is -2.87. The van der Waals surface area contributed by atoms with Gasteiger partial charge in [0.05, 0.1) is 19.9 Å². The lowest BCUT2D eigenvalue weighted by Crippen LogP contribution is -2.22. The molecule has 0 bridgehead atoms. The second-order valence-electron chi connectivity index (χ2n) is 6.80. The fourth-order valence-electron chi connectivity index (χ4n) is 3.26. The molecular formula is C20H28N6O2. The highest BCUT2D eigenvalue weighted by atomic mass is 16.5. The number of nitrogens with one attached hydrogen (secondary N) is 1. The first-order valence-electron chi connectivity index (χ1n) is 9.64. The minimum Gasteiger partial charge on any atom is -0.496 e. The summed E-state index contributed by atoms with van der Waals surface area (Å²) in [7, 11) is 1.66. The van der Waals surface area contributed by atoms with Gasteiger partial charge in [-0.2, -0.15) is 10.1 Å². The molecule has 1 atom stereocenters. The van der Waals surface area contributed by atoms with Crippen LogP contribution in [0.25, 0.3) is 11.0 Å². The third kappa shape index (κ3) is 4.69. The van der Waals surface area contributed by atoms with Crippen LogP contribution in [0.2, 0.25) is 0 Å². The van der Waals surface area contributed by atoms with Crippen molar-refractivity contribution in [3.8, 4) is 5.75 Å². The van der Waals surface area contributed by atoms with E-state index in [4.69, 9.17) is 10.5 Å². The molecule has 2 aromatic heterocycles. The Morgan fingerprint density at radius 3 is 2.82 bits per heavy atom. The average Bonchev–Trinajstić information content (AvgIpc) is 3.09. The number of rotatable bonds is 10. The van der Waals surface area contributed by atoms with E-state index in [1.165, 1.54) is 0 Å². The molecule has 28 heavy (non-hydrogen) atoms. The molecule has 3 aromatic rings. The van der Waals surface area contributed by atoms with Crippen LogP contribution in [0.1, 0.15) is 38.2 Å². The number of fused-ring (bicyclic) bond motifs is 1. The molecule has 0 aliphatic carbocycles. The van der Waals surface area contributed by atoms with Gasteiger partial charge in [-0.3, -0.25) is 4.68 Å². The number of anilines is 2. The summed E-state index contributed by atoms with van der Waals surface area (Å²) in [6, 6.07) is 7.96. The number of ether oxygens (including phenoxy) is 1. The number of aliphatic hydroxyl groups excluding tert-OH is 1. The smallest absolute Gasteiger partial charge is 0.222 e. The maximum atomic E-state index is 9.37. The van der Waals surface area contributed by atoms with E-state index in [1.54, 1.807) is 7.11 Å². The number of para-hydroxylation sites is 1. The number of nitrogen functional groups attached to an aromatic ring is 1. The molecule has 0 amide bonds. The first-order valence-corrected chi connectivity index (χ1v) is 9.64. The van der Waals surface area contributed by atoms with Gasteiger partial charge in [-0.05, 0) is 18.9 Å². The van der Waals surface area contributed by atoms with Crippen LogP contribution in [-0.2, 0) is 6.54 Å². The minimum atomic E-state index is 0.113. The molecule has 8 heteroatoms. The van der Waals surface area contributed by atoms with Crippen molar-refractivity contribution in [3.05, 3.63) is 36.0 Å². The SMILES string of the molecule is CCCC[C@@H](CCO)Nc1nc(N)nc2cn(Cc3ccccc3OC)nc12. The van der Waals surface area contributed by atoms with Gasteiger partial charge in [0.15, 0.2) is 11.3 Å². The minimum absolute atomic E-state index is 0.113. The number of unbranched alkanes of at least 4 members (excludes halogenated alkanes) is 1. The molecule has 0 aliphatic rings. The normalized spacial score (nSPS) is 12.2. The third-order valence-corrected chi connectivity index (χ3v) is 4.68. The van der Waals surface area contributed by atoms with Gasteiger partial charge in [-0.1, -0.05) is 38.0 Å². The van der Waals surface area contributed by atoms with Gasteiger partial charge in [0.1, 0.15) is 11.3 Å². The molecule has 150 valence electrons. The third-order valence-electron chi connectivity index (χ3n) is 4.68. The van der Waals surface area contributed by atoms with Crippen LogP contribution in [0.5, 0.6) is 5.75 Å². The van der Waals surface area contributed by atoms with E-state index >= 15 is 0 Å². The number of nitrogens with two attached hydrogens (primary N) is 1. The lowest BCUT2D eigenvalue weighted by atomic mass is 10.1. The van der Waals surface area contributed by atoms with E-state index in [2.05, 4.69) is 27.3 Å². The summed E-state index contributed by atoms with van der Waals surface area (Å²) < 4.78 is 7.24.